The lowest BCUT2D eigenvalue weighted by Crippen LogP contribution is -2.21. The minimum absolute atomic E-state index is 0.0301. The van der Waals surface area contributed by atoms with Gasteiger partial charge in [0.1, 0.15) is 11.6 Å². The highest BCUT2D eigenvalue weighted by Crippen LogP contribution is 2.19. The first kappa shape index (κ1) is 11.5. The average Bonchev–Trinajstić information content (AvgIpc) is 2.13. The third-order valence-electron chi connectivity index (χ3n) is 1.70. The maximum absolute atomic E-state index is 13.0. The molecule has 0 bridgehead atoms. The largest absolute Gasteiger partial charge is 0.319 e. The summed E-state index contributed by atoms with van der Waals surface area (Å²) in [6.07, 6.45) is -3.27. The zero-order valence-electron chi connectivity index (χ0n) is 7.65. The van der Waals surface area contributed by atoms with Crippen LogP contribution in [0.2, 0.25) is 0 Å². The van der Waals surface area contributed by atoms with Crippen LogP contribution in [0, 0.1) is 18.6 Å². The van der Waals surface area contributed by atoms with Crippen molar-refractivity contribution in [2.75, 3.05) is 5.32 Å². The molecule has 1 amide bonds. The van der Waals surface area contributed by atoms with Crippen LogP contribution in [0.4, 0.5) is 23.2 Å². The van der Waals surface area contributed by atoms with E-state index in [1.807, 2.05) is 0 Å². The van der Waals surface area contributed by atoms with Crippen LogP contribution in [-0.2, 0) is 4.79 Å². The van der Waals surface area contributed by atoms with Gasteiger partial charge < -0.3 is 5.32 Å². The first-order valence-corrected chi connectivity index (χ1v) is 3.96. The topological polar surface area (TPSA) is 29.1 Å². The first-order chi connectivity index (χ1) is 6.91. The van der Waals surface area contributed by atoms with E-state index in [4.69, 9.17) is 0 Å². The molecule has 0 aliphatic heterocycles. The number of benzene rings is 1. The number of nitrogens with one attached hydrogen (secondary N) is 1. The summed E-state index contributed by atoms with van der Waals surface area (Å²) in [5.74, 6) is -3.40. The molecule has 82 valence electrons. The molecule has 0 fully saturated rings. The van der Waals surface area contributed by atoms with Crippen molar-refractivity contribution in [2.45, 2.75) is 13.3 Å². The van der Waals surface area contributed by atoms with Gasteiger partial charge in [-0.2, -0.15) is 8.78 Å². The number of halogens is 4. The van der Waals surface area contributed by atoms with E-state index >= 15 is 0 Å². The predicted molar refractivity (Wildman–Crippen MR) is 45.7 cm³/mol. The second-order valence-corrected chi connectivity index (χ2v) is 2.87. The molecule has 1 aromatic carbocycles. The van der Waals surface area contributed by atoms with Crippen LogP contribution in [-0.4, -0.2) is 12.3 Å². The van der Waals surface area contributed by atoms with Crippen LogP contribution in [0.25, 0.3) is 0 Å². The number of carbonyl (C=O) groups is 1. The van der Waals surface area contributed by atoms with E-state index in [0.717, 1.165) is 6.07 Å². The molecule has 6 heteroatoms. The maximum atomic E-state index is 13.0. The summed E-state index contributed by atoms with van der Waals surface area (Å²) in [5, 5.41) is 1.57. The predicted octanol–water partition coefficient (Wildman–Crippen LogP) is 2.48. The molecular formula is C9H7F4NO. The van der Waals surface area contributed by atoms with E-state index in [2.05, 4.69) is 0 Å². The molecule has 2 nitrogen and oxygen atoms in total. The van der Waals surface area contributed by atoms with E-state index in [1.165, 1.54) is 6.92 Å². The summed E-state index contributed by atoms with van der Waals surface area (Å²) in [5.41, 5.74) is -0.564. The zero-order valence-corrected chi connectivity index (χ0v) is 7.65. The quantitative estimate of drug-likeness (QED) is 0.763. The van der Waals surface area contributed by atoms with Gasteiger partial charge in [0.25, 0.3) is 5.91 Å². The Bertz CT molecular complexity index is 392. The lowest BCUT2D eigenvalue weighted by molar-refractivity contribution is -0.126. The molecule has 0 spiro atoms. The van der Waals surface area contributed by atoms with Crippen molar-refractivity contribution in [3.05, 3.63) is 29.3 Å². The first-order valence-electron chi connectivity index (χ1n) is 3.96. The Morgan fingerprint density at radius 3 is 2.40 bits per heavy atom. The van der Waals surface area contributed by atoms with Crippen molar-refractivity contribution in [2.24, 2.45) is 0 Å². The van der Waals surface area contributed by atoms with Crippen LogP contribution < -0.4 is 5.32 Å². The van der Waals surface area contributed by atoms with E-state index in [1.54, 1.807) is 5.32 Å². The Kier molecular flexibility index (Phi) is 3.28. The van der Waals surface area contributed by atoms with Crippen molar-refractivity contribution < 1.29 is 22.4 Å². The minimum atomic E-state index is -3.27. The summed E-state index contributed by atoms with van der Waals surface area (Å²) in [6.45, 7) is 1.32. The van der Waals surface area contributed by atoms with Gasteiger partial charge in [0.2, 0.25) is 0 Å². The molecule has 1 rings (SSSR count). The number of aryl methyl sites for hydroxylation is 1. The Morgan fingerprint density at radius 2 is 1.87 bits per heavy atom. The van der Waals surface area contributed by atoms with Crippen molar-refractivity contribution >= 4 is 11.6 Å². The normalized spacial score (nSPS) is 10.5. The summed E-state index contributed by atoms with van der Waals surface area (Å²) in [6, 6.07) is 1.47. The number of amides is 1. The standard InChI is InChI=1S/C9H7F4NO/c1-4-2-6(11)7(3-5(4)10)14-9(15)8(12)13/h2-3,8H,1H3,(H,14,15). The number of carbonyl (C=O) groups excluding carboxylic acids is 1. The lowest BCUT2D eigenvalue weighted by atomic mass is 10.2. The molecule has 0 saturated heterocycles. The highest BCUT2D eigenvalue weighted by atomic mass is 19.3. The Morgan fingerprint density at radius 1 is 1.27 bits per heavy atom. The Hall–Kier alpha value is -1.59. The van der Waals surface area contributed by atoms with Gasteiger partial charge in [-0.1, -0.05) is 0 Å². The monoisotopic (exact) mass is 221 g/mol. The summed E-state index contributed by atoms with van der Waals surface area (Å²) >= 11 is 0. The number of alkyl halides is 2. The Labute approximate surface area is 82.9 Å². The van der Waals surface area contributed by atoms with Gasteiger partial charge in [0.05, 0.1) is 5.69 Å². The van der Waals surface area contributed by atoms with E-state index in [0.29, 0.717) is 6.07 Å². The number of rotatable bonds is 2. The molecular weight excluding hydrogens is 214 g/mol. The molecule has 0 saturated carbocycles. The fraction of sp³-hybridized carbons (Fsp3) is 0.222. The van der Waals surface area contributed by atoms with Gasteiger partial charge in [-0.15, -0.1) is 0 Å². The second-order valence-electron chi connectivity index (χ2n) is 2.87. The summed E-state index contributed by atoms with van der Waals surface area (Å²) in [7, 11) is 0. The van der Waals surface area contributed by atoms with Gasteiger partial charge >= 0.3 is 6.43 Å². The zero-order chi connectivity index (χ0) is 11.6. The van der Waals surface area contributed by atoms with Gasteiger partial charge in [0, 0.05) is 6.07 Å². The highest BCUT2D eigenvalue weighted by molar-refractivity contribution is 5.93. The van der Waals surface area contributed by atoms with Gasteiger partial charge in [0.15, 0.2) is 0 Å². The fourth-order valence-electron chi connectivity index (χ4n) is 0.929. The fourth-order valence-corrected chi connectivity index (χ4v) is 0.929. The van der Waals surface area contributed by atoms with Crippen LogP contribution >= 0.6 is 0 Å². The van der Waals surface area contributed by atoms with Crippen molar-refractivity contribution in [1.29, 1.82) is 0 Å². The van der Waals surface area contributed by atoms with Crippen molar-refractivity contribution in [3.8, 4) is 0 Å². The molecule has 1 N–H and O–H groups in total. The van der Waals surface area contributed by atoms with E-state index in [-0.39, 0.29) is 5.56 Å². The van der Waals surface area contributed by atoms with Crippen LogP contribution in [0.5, 0.6) is 0 Å². The molecule has 0 unspecified atom stereocenters. The molecule has 0 aliphatic carbocycles. The highest BCUT2D eigenvalue weighted by Gasteiger charge is 2.17. The smallest absolute Gasteiger partial charge is 0.315 e. The van der Waals surface area contributed by atoms with E-state index < -0.39 is 29.7 Å². The lowest BCUT2D eigenvalue weighted by Gasteiger charge is -2.06. The SMILES string of the molecule is Cc1cc(F)c(NC(=O)C(F)F)cc1F. The van der Waals surface area contributed by atoms with Crippen LogP contribution in [0.3, 0.4) is 0 Å². The minimum Gasteiger partial charge on any atom is -0.319 e. The third kappa shape index (κ3) is 2.68. The molecule has 1 aromatic rings. The Balaban J connectivity index is 2.96. The van der Waals surface area contributed by atoms with Crippen LogP contribution in [0.15, 0.2) is 12.1 Å². The molecule has 0 radical (unpaired) electrons. The number of anilines is 1. The maximum Gasteiger partial charge on any atom is 0.315 e. The number of hydrogen-bond acceptors (Lipinski definition) is 1. The summed E-state index contributed by atoms with van der Waals surface area (Å²) in [4.78, 5) is 10.5. The third-order valence-corrected chi connectivity index (χ3v) is 1.70. The van der Waals surface area contributed by atoms with Crippen LogP contribution in [0.1, 0.15) is 5.56 Å². The molecule has 0 heterocycles. The van der Waals surface area contributed by atoms with Gasteiger partial charge in [-0.3, -0.25) is 4.79 Å². The molecule has 0 atom stereocenters. The molecule has 0 aromatic heterocycles. The van der Waals surface area contributed by atoms with Gasteiger partial charge in [-0.25, -0.2) is 8.78 Å². The number of hydrogen-bond donors (Lipinski definition) is 1. The summed E-state index contributed by atoms with van der Waals surface area (Å²) < 4.78 is 49.5. The second kappa shape index (κ2) is 4.29. The van der Waals surface area contributed by atoms with E-state index in [9.17, 15) is 22.4 Å². The van der Waals surface area contributed by atoms with Crippen molar-refractivity contribution in [3.63, 3.8) is 0 Å². The van der Waals surface area contributed by atoms with Gasteiger partial charge in [-0.05, 0) is 18.6 Å². The van der Waals surface area contributed by atoms with Crippen molar-refractivity contribution in [1.82, 2.24) is 0 Å². The average molecular weight is 221 g/mol. The molecule has 15 heavy (non-hydrogen) atoms. The molecule has 0 aliphatic rings.